The molecule has 0 aromatic heterocycles. The van der Waals surface area contributed by atoms with E-state index in [1.54, 1.807) is 42.5 Å². The third kappa shape index (κ3) is 5.80. The van der Waals surface area contributed by atoms with Gasteiger partial charge in [0.1, 0.15) is 5.84 Å². The van der Waals surface area contributed by atoms with Gasteiger partial charge in [0.05, 0.1) is 12.5 Å². The summed E-state index contributed by atoms with van der Waals surface area (Å²) in [5.74, 6) is -1.98. The molecule has 12 nitrogen and oxygen atoms in total. The molecule has 37 heavy (non-hydrogen) atoms. The van der Waals surface area contributed by atoms with E-state index in [0.29, 0.717) is 34.6 Å². The highest BCUT2D eigenvalue weighted by Gasteiger charge is 2.38. The third-order valence-corrected chi connectivity index (χ3v) is 6.22. The summed E-state index contributed by atoms with van der Waals surface area (Å²) in [6.07, 6.45) is 0.0646. The largest absolute Gasteiger partial charge is 0.481 e. The number of carboxylic acids is 1. The predicted molar refractivity (Wildman–Crippen MR) is 130 cm³/mol. The van der Waals surface area contributed by atoms with E-state index in [0.717, 1.165) is 0 Å². The van der Waals surface area contributed by atoms with E-state index in [9.17, 15) is 24.3 Å². The fourth-order valence-electron chi connectivity index (χ4n) is 4.27. The van der Waals surface area contributed by atoms with E-state index >= 15 is 0 Å². The van der Waals surface area contributed by atoms with Gasteiger partial charge in [0.2, 0.25) is 6.79 Å². The van der Waals surface area contributed by atoms with Crippen LogP contribution in [0, 0.1) is 5.41 Å². The lowest BCUT2D eigenvalue weighted by Gasteiger charge is -2.38. The van der Waals surface area contributed by atoms with Crippen LogP contribution >= 0.6 is 0 Å². The number of amides is 3. The summed E-state index contributed by atoms with van der Waals surface area (Å²) in [5.41, 5.74) is 6.89. The Hall–Kier alpha value is -4.61. The molecule has 3 amide bonds. The Morgan fingerprint density at radius 1 is 1.03 bits per heavy atom. The Morgan fingerprint density at radius 3 is 2.43 bits per heavy atom. The van der Waals surface area contributed by atoms with Crippen LogP contribution in [0.15, 0.2) is 42.5 Å². The average molecular weight is 510 g/mol. The lowest BCUT2D eigenvalue weighted by atomic mass is 10.00. The summed E-state index contributed by atoms with van der Waals surface area (Å²) in [6, 6.07) is 10.4. The second-order valence-corrected chi connectivity index (χ2v) is 8.62. The average Bonchev–Trinajstić information content (AvgIpc) is 3.35. The number of carbonyl (C=O) groups excluding carboxylic acids is 3. The van der Waals surface area contributed by atoms with Gasteiger partial charge >= 0.3 is 17.8 Å². The van der Waals surface area contributed by atoms with Gasteiger partial charge in [-0.2, -0.15) is 0 Å². The minimum atomic E-state index is -1.10. The van der Waals surface area contributed by atoms with Gasteiger partial charge in [-0.25, -0.2) is 0 Å². The number of piperazine rings is 1. The van der Waals surface area contributed by atoms with Crippen LogP contribution in [0.4, 0.5) is 0 Å². The molecule has 12 heteroatoms. The molecular weight excluding hydrogens is 482 g/mol. The second-order valence-electron chi connectivity index (χ2n) is 8.62. The van der Waals surface area contributed by atoms with Crippen molar-refractivity contribution in [2.75, 3.05) is 33.0 Å². The molecule has 1 saturated heterocycles. The number of benzene rings is 2. The number of nitrogens with two attached hydrogens (primary N) is 1. The van der Waals surface area contributed by atoms with Gasteiger partial charge in [-0.1, -0.05) is 18.2 Å². The summed E-state index contributed by atoms with van der Waals surface area (Å²) in [6.45, 7) is 1.02. The maximum atomic E-state index is 13.0. The van der Waals surface area contributed by atoms with E-state index in [1.165, 1.54) is 9.80 Å². The van der Waals surface area contributed by atoms with Gasteiger partial charge in [0, 0.05) is 37.3 Å². The van der Waals surface area contributed by atoms with Gasteiger partial charge in [-0.05, 0) is 36.2 Å². The first-order chi connectivity index (χ1) is 17.7. The monoisotopic (exact) mass is 509 g/mol. The Labute approximate surface area is 212 Å². The Balaban J connectivity index is 1.32. The summed E-state index contributed by atoms with van der Waals surface area (Å²) in [7, 11) is 0. The van der Waals surface area contributed by atoms with Crippen molar-refractivity contribution in [3.63, 3.8) is 0 Å². The number of ether oxygens (including phenoxy) is 2. The second kappa shape index (κ2) is 11.0. The SMILES string of the molecule is N=C(N)c1ccc(C(=O)NCCCN2CCN(C(CC(=O)O)c3ccc4c(c3)OCO4)C(=O)C2=O)cc1. The molecule has 2 aliphatic heterocycles. The Bertz CT molecular complexity index is 1230. The molecule has 1 fully saturated rings. The van der Waals surface area contributed by atoms with E-state index in [4.69, 9.17) is 20.6 Å². The number of amidine groups is 1. The molecule has 0 aliphatic carbocycles. The maximum Gasteiger partial charge on any atom is 0.312 e. The summed E-state index contributed by atoms with van der Waals surface area (Å²) in [5, 5.41) is 19.6. The molecule has 2 aromatic carbocycles. The molecule has 1 atom stereocenters. The number of carboxylic acid groups (broad SMARTS) is 1. The molecule has 0 spiro atoms. The smallest absolute Gasteiger partial charge is 0.312 e. The number of nitrogens with zero attached hydrogens (tertiary/aromatic N) is 2. The normalized spacial score (nSPS) is 15.5. The minimum Gasteiger partial charge on any atom is -0.481 e. The van der Waals surface area contributed by atoms with Crippen molar-refractivity contribution >= 4 is 29.5 Å². The number of nitrogens with one attached hydrogen (secondary N) is 2. The number of rotatable bonds is 10. The van der Waals surface area contributed by atoms with Crippen LogP contribution in [-0.2, 0) is 14.4 Å². The first-order valence-electron chi connectivity index (χ1n) is 11.7. The van der Waals surface area contributed by atoms with Crippen LogP contribution in [0.5, 0.6) is 11.5 Å². The van der Waals surface area contributed by atoms with Crippen LogP contribution in [0.25, 0.3) is 0 Å². The molecule has 194 valence electrons. The molecule has 2 heterocycles. The zero-order valence-corrected chi connectivity index (χ0v) is 19.9. The summed E-state index contributed by atoms with van der Waals surface area (Å²) >= 11 is 0. The van der Waals surface area contributed by atoms with Gasteiger partial charge in [-0.15, -0.1) is 0 Å². The summed E-state index contributed by atoms with van der Waals surface area (Å²) < 4.78 is 10.7. The quantitative estimate of drug-likeness (QED) is 0.157. The number of carbonyl (C=O) groups is 4. The first kappa shape index (κ1) is 25.5. The molecule has 4 rings (SSSR count). The summed E-state index contributed by atoms with van der Waals surface area (Å²) in [4.78, 5) is 52.3. The third-order valence-electron chi connectivity index (χ3n) is 6.22. The molecular formula is C25H27N5O7. The van der Waals surface area contributed by atoms with E-state index in [2.05, 4.69) is 5.32 Å². The highest BCUT2D eigenvalue weighted by molar-refractivity contribution is 6.35. The van der Waals surface area contributed by atoms with E-state index in [1.807, 2.05) is 0 Å². The van der Waals surface area contributed by atoms with Crippen LogP contribution in [-0.4, -0.2) is 77.4 Å². The van der Waals surface area contributed by atoms with E-state index < -0.39 is 23.8 Å². The number of aliphatic carboxylic acids is 1. The number of hydrogen-bond donors (Lipinski definition) is 4. The van der Waals surface area contributed by atoms with Gasteiger partial charge in [0.15, 0.2) is 11.5 Å². The van der Waals surface area contributed by atoms with Crippen LogP contribution < -0.4 is 20.5 Å². The van der Waals surface area contributed by atoms with Gasteiger partial charge < -0.3 is 35.4 Å². The van der Waals surface area contributed by atoms with Crippen molar-refractivity contribution in [3.05, 3.63) is 59.2 Å². The minimum absolute atomic E-state index is 0.0606. The zero-order chi connectivity index (χ0) is 26.5. The van der Waals surface area contributed by atoms with Crippen molar-refractivity contribution in [1.82, 2.24) is 15.1 Å². The topological polar surface area (TPSA) is 175 Å². The standard InChI is InChI=1S/C25H27N5O7/c26-22(27)15-2-4-16(5-3-15)23(33)28-8-1-9-29-10-11-30(25(35)24(29)34)18(13-21(31)32)17-6-7-19-20(12-17)37-14-36-19/h2-7,12,18H,1,8-11,13-14H2,(H3,26,27)(H,28,33)(H,31,32). The fraction of sp³-hybridized carbons (Fsp3) is 0.320. The van der Waals surface area contributed by atoms with Gasteiger partial charge in [0.25, 0.3) is 5.91 Å². The predicted octanol–water partition coefficient (Wildman–Crippen LogP) is 0.706. The van der Waals surface area contributed by atoms with E-state index in [-0.39, 0.29) is 51.1 Å². The molecule has 0 saturated carbocycles. The van der Waals surface area contributed by atoms with Gasteiger partial charge in [-0.3, -0.25) is 24.6 Å². The fourth-order valence-corrected chi connectivity index (χ4v) is 4.27. The highest BCUT2D eigenvalue weighted by atomic mass is 16.7. The Morgan fingerprint density at radius 2 is 1.73 bits per heavy atom. The highest BCUT2D eigenvalue weighted by Crippen LogP contribution is 2.37. The number of hydrogen-bond acceptors (Lipinski definition) is 7. The zero-order valence-electron chi connectivity index (χ0n) is 19.9. The van der Waals surface area contributed by atoms with Crippen LogP contribution in [0.3, 0.4) is 0 Å². The number of nitrogen functional groups attached to an aromatic ring is 1. The molecule has 2 aromatic rings. The molecule has 2 aliphatic rings. The van der Waals surface area contributed by atoms with Crippen molar-refractivity contribution in [2.24, 2.45) is 5.73 Å². The molecule has 0 radical (unpaired) electrons. The van der Waals surface area contributed by atoms with Crippen molar-refractivity contribution < 1.29 is 33.8 Å². The lowest BCUT2D eigenvalue weighted by Crippen LogP contribution is -2.55. The first-order valence-corrected chi connectivity index (χ1v) is 11.7. The van der Waals surface area contributed by atoms with Crippen LogP contribution in [0.1, 0.15) is 40.4 Å². The molecule has 5 N–H and O–H groups in total. The van der Waals surface area contributed by atoms with Crippen molar-refractivity contribution in [3.8, 4) is 11.5 Å². The Kier molecular flexibility index (Phi) is 7.56. The molecule has 1 unspecified atom stereocenters. The van der Waals surface area contributed by atoms with Crippen molar-refractivity contribution in [2.45, 2.75) is 18.9 Å². The number of fused-ring (bicyclic) bond motifs is 1. The lowest BCUT2D eigenvalue weighted by molar-refractivity contribution is -0.159. The van der Waals surface area contributed by atoms with Crippen LogP contribution in [0.2, 0.25) is 0 Å². The van der Waals surface area contributed by atoms with Crippen molar-refractivity contribution in [1.29, 1.82) is 5.41 Å². The molecule has 0 bridgehead atoms. The maximum absolute atomic E-state index is 13.0.